The smallest absolute Gasteiger partial charge is 0.271 e. The number of H-pyrrole nitrogens is 2. The van der Waals surface area contributed by atoms with Crippen LogP contribution in [-0.4, -0.2) is 52.5 Å². The Bertz CT molecular complexity index is 1020. The van der Waals surface area contributed by atoms with E-state index in [1.807, 2.05) is 6.07 Å². The molecule has 1 aliphatic heterocycles. The number of hydrogen-bond acceptors (Lipinski definition) is 5. The maximum atomic E-state index is 11.0. The normalized spacial score (nSPS) is 15.3. The summed E-state index contributed by atoms with van der Waals surface area (Å²) in [7, 11) is 0. The second-order valence-electron chi connectivity index (χ2n) is 6.81. The van der Waals surface area contributed by atoms with Gasteiger partial charge in [-0.3, -0.25) is 15.0 Å². The van der Waals surface area contributed by atoms with Crippen LogP contribution in [0.3, 0.4) is 0 Å². The molecule has 1 aliphatic rings. The van der Waals surface area contributed by atoms with Crippen molar-refractivity contribution < 1.29 is 4.92 Å². The third kappa shape index (κ3) is 4.01. The molecule has 2 aromatic carbocycles. The molecule has 0 spiro atoms. The summed E-state index contributed by atoms with van der Waals surface area (Å²) in [5, 5.41) is 11.0. The van der Waals surface area contributed by atoms with Gasteiger partial charge < -0.3 is 14.9 Å². The summed E-state index contributed by atoms with van der Waals surface area (Å²) >= 11 is 5.14. The van der Waals surface area contributed by atoms with Gasteiger partial charge in [-0.1, -0.05) is 12.1 Å². The fraction of sp³-hybridized carbons (Fsp3) is 0.316. The molecular weight excluding hydrogens is 362 g/mol. The number of benzene rings is 2. The minimum absolute atomic E-state index is 0.147. The molecule has 1 aromatic heterocycles. The number of non-ortho nitro benzene ring substituents is 1. The first kappa shape index (κ1) is 17.7. The van der Waals surface area contributed by atoms with Crippen molar-refractivity contribution in [2.75, 3.05) is 37.6 Å². The summed E-state index contributed by atoms with van der Waals surface area (Å²) in [6.07, 6.45) is 0.985. The van der Waals surface area contributed by atoms with E-state index >= 15 is 0 Å². The maximum Gasteiger partial charge on any atom is 0.271 e. The fourth-order valence-electron chi connectivity index (χ4n) is 3.56. The van der Waals surface area contributed by atoms with Crippen LogP contribution in [-0.2, 0) is 6.42 Å². The van der Waals surface area contributed by atoms with Crippen molar-refractivity contribution in [1.29, 1.82) is 0 Å². The Morgan fingerprint density at radius 1 is 1.04 bits per heavy atom. The standard InChI is InChI=1S/C19H21N5O2S/c25-24(26)16-3-1-2-15(13-16)23-10-8-22(9-11-23)7-6-14-4-5-17-18(12-14)21-19(27)20-17/h1-5,12-13H,6-11H2,(H2,20,21,27). The van der Waals surface area contributed by atoms with E-state index in [-0.39, 0.29) is 10.6 Å². The maximum absolute atomic E-state index is 11.0. The lowest BCUT2D eigenvalue weighted by Crippen LogP contribution is -2.47. The summed E-state index contributed by atoms with van der Waals surface area (Å²) in [5.41, 5.74) is 4.45. The van der Waals surface area contributed by atoms with Crippen LogP contribution in [0.15, 0.2) is 42.5 Å². The molecule has 0 amide bonds. The van der Waals surface area contributed by atoms with Crippen LogP contribution in [0.25, 0.3) is 11.0 Å². The number of fused-ring (bicyclic) bond motifs is 1. The van der Waals surface area contributed by atoms with Gasteiger partial charge in [-0.05, 0) is 42.4 Å². The number of nitrogens with one attached hydrogen (secondary N) is 2. The first-order chi connectivity index (χ1) is 13.1. The molecule has 1 saturated heterocycles. The quantitative estimate of drug-likeness (QED) is 0.400. The van der Waals surface area contributed by atoms with Crippen LogP contribution < -0.4 is 4.90 Å². The molecule has 27 heavy (non-hydrogen) atoms. The third-order valence-corrected chi connectivity index (χ3v) is 5.28. The molecule has 7 nitrogen and oxygen atoms in total. The minimum Gasteiger partial charge on any atom is -0.369 e. The molecule has 0 bridgehead atoms. The van der Waals surface area contributed by atoms with Gasteiger partial charge in [0.15, 0.2) is 4.77 Å². The van der Waals surface area contributed by atoms with E-state index in [1.54, 1.807) is 12.1 Å². The molecule has 8 heteroatoms. The number of aromatic amines is 2. The highest BCUT2D eigenvalue weighted by atomic mass is 32.1. The lowest BCUT2D eigenvalue weighted by molar-refractivity contribution is -0.384. The topological polar surface area (TPSA) is 81.2 Å². The lowest BCUT2D eigenvalue weighted by Gasteiger charge is -2.36. The minimum atomic E-state index is -0.340. The highest BCUT2D eigenvalue weighted by molar-refractivity contribution is 7.71. The van der Waals surface area contributed by atoms with Gasteiger partial charge in [-0.15, -0.1) is 0 Å². The van der Waals surface area contributed by atoms with Crippen molar-refractivity contribution in [3.05, 3.63) is 62.9 Å². The van der Waals surface area contributed by atoms with Gasteiger partial charge in [-0.25, -0.2) is 0 Å². The van der Waals surface area contributed by atoms with E-state index in [2.05, 4.69) is 38.0 Å². The summed E-state index contributed by atoms with van der Waals surface area (Å²) in [6.45, 7) is 4.67. The number of nitro benzene ring substituents is 1. The Labute approximate surface area is 161 Å². The molecule has 140 valence electrons. The Hall–Kier alpha value is -2.71. The Morgan fingerprint density at radius 3 is 2.59 bits per heavy atom. The number of piperazine rings is 1. The number of aromatic nitrogens is 2. The monoisotopic (exact) mass is 383 g/mol. The van der Waals surface area contributed by atoms with Gasteiger partial charge in [-0.2, -0.15) is 0 Å². The Kier molecular flexibility index (Phi) is 4.91. The highest BCUT2D eigenvalue weighted by Gasteiger charge is 2.18. The second-order valence-corrected chi connectivity index (χ2v) is 7.22. The van der Waals surface area contributed by atoms with Crippen LogP contribution in [0.2, 0.25) is 0 Å². The molecule has 2 heterocycles. The summed E-state index contributed by atoms with van der Waals surface area (Å²) in [5.74, 6) is 0. The molecule has 0 aliphatic carbocycles. The zero-order valence-electron chi connectivity index (χ0n) is 14.9. The van der Waals surface area contributed by atoms with Crippen LogP contribution in [0, 0.1) is 14.9 Å². The number of rotatable bonds is 5. The number of anilines is 1. The molecule has 1 fully saturated rings. The zero-order chi connectivity index (χ0) is 18.8. The predicted octanol–water partition coefficient (Wildman–Crippen LogP) is 3.50. The van der Waals surface area contributed by atoms with E-state index in [9.17, 15) is 10.1 Å². The van der Waals surface area contributed by atoms with Gasteiger partial charge in [0, 0.05) is 50.5 Å². The van der Waals surface area contributed by atoms with Crippen LogP contribution in [0.4, 0.5) is 11.4 Å². The molecule has 0 atom stereocenters. The summed E-state index contributed by atoms with van der Waals surface area (Å²) in [6, 6.07) is 13.2. The molecule has 0 unspecified atom stereocenters. The number of nitro groups is 1. The SMILES string of the molecule is O=[N+]([O-])c1cccc(N2CCN(CCc3ccc4[nH]c(=S)[nH]c4c3)CC2)c1. The van der Waals surface area contributed by atoms with Crippen molar-refractivity contribution in [3.63, 3.8) is 0 Å². The van der Waals surface area contributed by atoms with Crippen LogP contribution in [0.1, 0.15) is 5.56 Å². The van der Waals surface area contributed by atoms with E-state index in [1.165, 1.54) is 11.6 Å². The van der Waals surface area contributed by atoms with Gasteiger partial charge in [0.1, 0.15) is 0 Å². The van der Waals surface area contributed by atoms with E-state index in [4.69, 9.17) is 12.2 Å². The molecule has 3 aromatic rings. The van der Waals surface area contributed by atoms with Gasteiger partial charge in [0.25, 0.3) is 5.69 Å². The van der Waals surface area contributed by atoms with E-state index in [0.29, 0.717) is 4.77 Å². The summed E-state index contributed by atoms with van der Waals surface area (Å²) in [4.78, 5) is 21.6. The van der Waals surface area contributed by atoms with Crippen molar-refractivity contribution in [1.82, 2.24) is 14.9 Å². The Balaban J connectivity index is 1.33. The lowest BCUT2D eigenvalue weighted by atomic mass is 10.1. The first-order valence-electron chi connectivity index (χ1n) is 9.01. The second kappa shape index (κ2) is 7.50. The average molecular weight is 383 g/mol. The average Bonchev–Trinajstić information content (AvgIpc) is 3.06. The first-order valence-corrected chi connectivity index (χ1v) is 9.42. The van der Waals surface area contributed by atoms with Gasteiger partial charge >= 0.3 is 0 Å². The van der Waals surface area contributed by atoms with Crippen molar-refractivity contribution in [2.45, 2.75) is 6.42 Å². The van der Waals surface area contributed by atoms with Gasteiger partial charge in [0.2, 0.25) is 0 Å². The van der Waals surface area contributed by atoms with Crippen molar-refractivity contribution in [3.8, 4) is 0 Å². The number of hydrogen-bond donors (Lipinski definition) is 2. The van der Waals surface area contributed by atoms with E-state index < -0.39 is 0 Å². The fourth-order valence-corrected chi connectivity index (χ4v) is 3.78. The number of nitrogens with zero attached hydrogens (tertiary/aromatic N) is 3. The summed E-state index contributed by atoms with van der Waals surface area (Å²) < 4.78 is 0.652. The molecular formula is C19H21N5O2S. The third-order valence-electron chi connectivity index (χ3n) is 5.08. The van der Waals surface area contributed by atoms with Crippen molar-refractivity contribution >= 4 is 34.6 Å². The van der Waals surface area contributed by atoms with Gasteiger partial charge in [0.05, 0.1) is 16.0 Å². The highest BCUT2D eigenvalue weighted by Crippen LogP contribution is 2.22. The predicted molar refractivity (Wildman–Crippen MR) is 109 cm³/mol. The van der Waals surface area contributed by atoms with Crippen LogP contribution >= 0.6 is 12.2 Å². The molecule has 2 N–H and O–H groups in total. The molecule has 0 radical (unpaired) electrons. The van der Waals surface area contributed by atoms with Crippen molar-refractivity contribution in [2.24, 2.45) is 0 Å². The van der Waals surface area contributed by atoms with Crippen LogP contribution in [0.5, 0.6) is 0 Å². The number of imidazole rings is 1. The molecule has 4 rings (SSSR count). The Morgan fingerprint density at radius 2 is 1.81 bits per heavy atom. The zero-order valence-corrected chi connectivity index (χ0v) is 15.7. The largest absolute Gasteiger partial charge is 0.369 e. The van der Waals surface area contributed by atoms with E-state index in [0.717, 1.165) is 55.9 Å². The molecule has 0 saturated carbocycles.